The van der Waals surface area contributed by atoms with Gasteiger partial charge in [-0.1, -0.05) is 36.0 Å². The lowest BCUT2D eigenvalue weighted by atomic mass is 10.2. The molecule has 0 aromatic rings. The Bertz CT molecular complexity index is 242. The number of allylic oxidation sites excluding steroid dienone is 6. The topological polar surface area (TPSA) is 12.4 Å². The van der Waals surface area contributed by atoms with Gasteiger partial charge in [-0.15, -0.1) is 0 Å². The van der Waals surface area contributed by atoms with Crippen LogP contribution in [0.25, 0.3) is 0 Å². The van der Waals surface area contributed by atoms with Gasteiger partial charge in [0.2, 0.25) is 0 Å². The molecule has 0 unspecified atom stereocenters. The summed E-state index contributed by atoms with van der Waals surface area (Å²) in [6.45, 7) is 11.0. The summed E-state index contributed by atoms with van der Waals surface area (Å²) in [5, 5.41) is 0. The molecule has 0 aromatic carbocycles. The summed E-state index contributed by atoms with van der Waals surface area (Å²) in [4.78, 5) is 3.59. The van der Waals surface area contributed by atoms with Gasteiger partial charge in [0.25, 0.3) is 0 Å². The molecule has 0 aromatic heterocycles. The predicted octanol–water partition coefficient (Wildman–Crippen LogP) is 3.28. The molecule has 0 bridgehead atoms. The number of hydrogen-bond donors (Lipinski definition) is 0. The summed E-state index contributed by atoms with van der Waals surface area (Å²) in [5.41, 5.74) is 2.33. The van der Waals surface area contributed by atoms with E-state index in [0.29, 0.717) is 0 Å². The molecule has 0 atom stereocenters. The van der Waals surface area contributed by atoms with Crippen LogP contribution >= 0.6 is 0 Å². The van der Waals surface area contributed by atoms with Crippen LogP contribution in [0, 0.1) is 0 Å². The largest absolute Gasteiger partial charge is 0.273 e. The molecule has 0 aliphatic heterocycles. The van der Waals surface area contributed by atoms with Crippen molar-refractivity contribution in [2.45, 2.75) is 13.8 Å². The fourth-order valence-electron chi connectivity index (χ4n) is 0.722. The SMILES string of the molecule is C=C/C(C)=C/C(C)=C\C=C\N=C. The molecule has 12 heavy (non-hydrogen) atoms. The summed E-state index contributed by atoms with van der Waals surface area (Å²) in [6, 6.07) is 0. The third-order valence-corrected chi connectivity index (χ3v) is 1.33. The number of nitrogens with zero attached hydrogens (tertiary/aromatic N) is 1. The van der Waals surface area contributed by atoms with Crippen molar-refractivity contribution in [2.75, 3.05) is 0 Å². The van der Waals surface area contributed by atoms with Gasteiger partial charge in [0, 0.05) is 6.20 Å². The van der Waals surface area contributed by atoms with Gasteiger partial charge in [0.05, 0.1) is 0 Å². The second-order valence-corrected chi connectivity index (χ2v) is 2.53. The van der Waals surface area contributed by atoms with E-state index in [1.54, 1.807) is 6.20 Å². The monoisotopic (exact) mass is 161 g/mol. The average molecular weight is 161 g/mol. The molecule has 0 N–H and O–H groups in total. The Hall–Kier alpha value is -1.37. The average Bonchev–Trinajstić information content (AvgIpc) is 2.05. The zero-order chi connectivity index (χ0) is 9.40. The van der Waals surface area contributed by atoms with Gasteiger partial charge >= 0.3 is 0 Å². The minimum atomic E-state index is 1.16. The molecule has 1 nitrogen and oxygen atoms in total. The van der Waals surface area contributed by atoms with Crippen LogP contribution in [0.2, 0.25) is 0 Å². The Morgan fingerprint density at radius 3 is 2.42 bits per heavy atom. The third-order valence-electron chi connectivity index (χ3n) is 1.33. The second-order valence-electron chi connectivity index (χ2n) is 2.53. The van der Waals surface area contributed by atoms with Crippen LogP contribution in [0.15, 0.2) is 53.2 Å². The molecule has 0 rings (SSSR count). The molecule has 0 aliphatic carbocycles. The van der Waals surface area contributed by atoms with Crippen LogP contribution in [0.5, 0.6) is 0 Å². The molecule has 0 saturated heterocycles. The highest BCUT2D eigenvalue weighted by molar-refractivity contribution is 5.30. The van der Waals surface area contributed by atoms with E-state index in [1.807, 2.05) is 32.1 Å². The smallest absolute Gasteiger partial charge is 0.0260 e. The minimum absolute atomic E-state index is 1.16. The number of hydrogen-bond acceptors (Lipinski definition) is 1. The van der Waals surface area contributed by atoms with E-state index in [4.69, 9.17) is 0 Å². The van der Waals surface area contributed by atoms with Crippen LogP contribution in [-0.2, 0) is 0 Å². The van der Waals surface area contributed by atoms with Crippen molar-refractivity contribution in [2.24, 2.45) is 4.99 Å². The first-order valence-electron chi connectivity index (χ1n) is 3.80. The zero-order valence-electron chi connectivity index (χ0n) is 7.75. The maximum absolute atomic E-state index is 3.67. The Balaban J connectivity index is 4.28. The highest BCUT2D eigenvalue weighted by atomic mass is 14.6. The molecule has 0 radical (unpaired) electrons. The summed E-state index contributed by atoms with van der Waals surface area (Å²) >= 11 is 0. The van der Waals surface area contributed by atoms with Crippen molar-refractivity contribution in [1.29, 1.82) is 0 Å². The van der Waals surface area contributed by atoms with Gasteiger partial charge in [-0.05, 0) is 26.6 Å². The van der Waals surface area contributed by atoms with Gasteiger partial charge in [0.1, 0.15) is 0 Å². The highest BCUT2D eigenvalue weighted by Gasteiger charge is 1.81. The van der Waals surface area contributed by atoms with Crippen LogP contribution < -0.4 is 0 Å². The molecule has 0 heterocycles. The van der Waals surface area contributed by atoms with E-state index in [0.717, 1.165) is 5.57 Å². The van der Waals surface area contributed by atoms with Crippen molar-refractivity contribution < 1.29 is 0 Å². The Morgan fingerprint density at radius 2 is 1.92 bits per heavy atom. The van der Waals surface area contributed by atoms with E-state index < -0.39 is 0 Å². The van der Waals surface area contributed by atoms with Crippen LogP contribution in [0.4, 0.5) is 0 Å². The van der Waals surface area contributed by atoms with Crippen molar-refractivity contribution in [1.82, 2.24) is 0 Å². The lowest BCUT2D eigenvalue weighted by Gasteiger charge is -1.91. The number of rotatable bonds is 4. The summed E-state index contributed by atoms with van der Waals surface area (Å²) in [5.74, 6) is 0. The minimum Gasteiger partial charge on any atom is -0.273 e. The molecule has 1 heteroatoms. The lowest BCUT2D eigenvalue weighted by molar-refractivity contribution is 1.43. The van der Waals surface area contributed by atoms with Gasteiger partial charge < -0.3 is 0 Å². The fraction of sp³-hybridized carbons (Fsp3) is 0.182. The Kier molecular flexibility index (Phi) is 5.62. The predicted molar refractivity (Wildman–Crippen MR) is 56.4 cm³/mol. The molecule has 64 valence electrons. The summed E-state index contributed by atoms with van der Waals surface area (Å²) in [7, 11) is 0. The first-order chi connectivity index (χ1) is 5.70. The number of aliphatic imine (C=N–C) groups is 1. The normalized spacial score (nSPS) is 13.5. The van der Waals surface area contributed by atoms with Gasteiger partial charge in [0.15, 0.2) is 0 Å². The van der Waals surface area contributed by atoms with Crippen molar-refractivity contribution in [3.63, 3.8) is 0 Å². The standard InChI is InChI=1S/C11H15N/c1-5-10(2)9-11(3)7-6-8-12-4/h5-9H,1,4H2,2-3H3/b8-6+,10-9+,11-7-. The molecule has 0 amide bonds. The second kappa shape index (κ2) is 6.35. The molecular formula is C11H15N. The quantitative estimate of drug-likeness (QED) is 0.443. The summed E-state index contributed by atoms with van der Waals surface area (Å²) < 4.78 is 0. The molecular weight excluding hydrogens is 146 g/mol. The fourth-order valence-corrected chi connectivity index (χ4v) is 0.722. The van der Waals surface area contributed by atoms with E-state index in [9.17, 15) is 0 Å². The maximum Gasteiger partial charge on any atom is 0.0260 e. The van der Waals surface area contributed by atoms with Gasteiger partial charge in [-0.25, -0.2) is 0 Å². The Morgan fingerprint density at radius 1 is 1.25 bits per heavy atom. The van der Waals surface area contributed by atoms with Crippen LogP contribution in [0.1, 0.15) is 13.8 Å². The van der Waals surface area contributed by atoms with Gasteiger partial charge in [-0.2, -0.15) is 0 Å². The van der Waals surface area contributed by atoms with E-state index >= 15 is 0 Å². The van der Waals surface area contributed by atoms with E-state index in [-0.39, 0.29) is 0 Å². The Labute approximate surface area is 74.5 Å². The van der Waals surface area contributed by atoms with Crippen molar-refractivity contribution in [3.05, 3.63) is 48.2 Å². The first kappa shape index (κ1) is 10.6. The zero-order valence-corrected chi connectivity index (χ0v) is 7.75. The van der Waals surface area contributed by atoms with Crippen molar-refractivity contribution >= 4 is 6.72 Å². The highest BCUT2D eigenvalue weighted by Crippen LogP contribution is 2.02. The summed E-state index contributed by atoms with van der Waals surface area (Å²) in [6.07, 6.45) is 9.37. The molecule has 0 spiro atoms. The van der Waals surface area contributed by atoms with Crippen LogP contribution in [0.3, 0.4) is 0 Å². The molecule has 0 aliphatic rings. The van der Waals surface area contributed by atoms with E-state index in [1.165, 1.54) is 5.57 Å². The van der Waals surface area contributed by atoms with Gasteiger partial charge in [-0.3, -0.25) is 4.99 Å². The third kappa shape index (κ3) is 5.42. The van der Waals surface area contributed by atoms with Crippen molar-refractivity contribution in [3.8, 4) is 0 Å². The molecule has 0 saturated carbocycles. The van der Waals surface area contributed by atoms with E-state index in [2.05, 4.69) is 24.4 Å². The lowest BCUT2D eigenvalue weighted by Crippen LogP contribution is -1.70. The first-order valence-corrected chi connectivity index (χ1v) is 3.80. The molecule has 0 fully saturated rings. The maximum atomic E-state index is 3.67. The van der Waals surface area contributed by atoms with Crippen LogP contribution in [-0.4, -0.2) is 6.72 Å².